The van der Waals surface area contributed by atoms with E-state index < -0.39 is 17.2 Å². The zero-order valence-corrected chi connectivity index (χ0v) is 14.8. The highest BCUT2D eigenvalue weighted by molar-refractivity contribution is 5.93. The molecule has 0 amide bonds. The summed E-state index contributed by atoms with van der Waals surface area (Å²) >= 11 is 0. The second-order valence-corrected chi connectivity index (χ2v) is 6.63. The number of aromatic nitrogens is 1. The second-order valence-electron chi connectivity index (χ2n) is 6.63. The molecule has 0 radical (unpaired) electrons. The lowest BCUT2D eigenvalue weighted by atomic mass is 10.1. The highest BCUT2D eigenvalue weighted by Crippen LogP contribution is 2.38. The van der Waals surface area contributed by atoms with E-state index in [4.69, 9.17) is 5.73 Å². The molecule has 1 saturated heterocycles. The van der Waals surface area contributed by atoms with Gasteiger partial charge in [0.25, 0.3) is 0 Å². The molecule has 26 heavy (non-hydrogen) atoms. The van der Waals surface area contributed by atoms with Gasteiger partial charge in [-0.2, -0.15) is 0 Å². The first-order chi connectivity index (χ1) is 11.5. The van der Waals surface area contributed by atoms with Crippen molar-refractivity contribution in [2.45, 2.75) is 31.3 Å². The van der Waals surface area contributed by atoms with Gasteiger partial charge in [-0.15, -0.1) is 12.4 Å². The molecule has 2 aromatic rings. The van der Waals surface area contributed by atoms with Gasteiger partial charge in [0.15, 0.2) is 0 Å². The third kappa shape index (κ3) is 3.27. The Kier molecular flexibility index (Phi) is 5.60. The van der Waals surface area contributed by atoms with Crippen LogP contribution in [-0.2, 0) is 0 Å². The minimum absolute atomic E-state index is 0. The van der Waals surface area contributed by atoms with E-state index in [0.717, 1.165) is 19.3 Å². The van der Waals surface area contributed by atoms with Crippen LogP contribution in [0.1, 0.15) is 35.7 Å². The monoisotopic (exact) mass is 385 g/mol. The topological polar surface area (TPSA) is 120 Å². The highest BCUT2D eigenvalue weighted by atomic mass is 35.5. The average Bonchev–Trinajstić information content (AvgIpc) is 3.28. The lowest BCUT2D eigenvalue weighted by Gasteiger charge is -2.21. The van der Waals surface area contributed by atoms with Gasteiger partial charge in [0.1, 0.15) is 11.4 Å². The number of carboxylic acids is 1. The number of pyridine rings is 1. The molecule has 1 unspecified atom stereocenters. The van der Waals surface area contributed by atoms with Crippen LogP contribution in [0, 0.1) is 5.82 Å². The van der Waals surface area contributed by atoms with E-state index in [2.05, 4.69) is 0 Å². The van der Waals surface area contributed by atoms with Gasteiger partial charge in [0, 0.05) is 36.8 Å². The van der Waals surface area contributed by atoms with Crippen LogP contribution in [0.5, 0.6) is 0 Å². The minimum atomic E-state index is -1.29. The minimum Gasteiger partial charge on any atom is -0.477 e. The van der Waals surface area contributed by atoms with E-state index in [0.29, 0.717) is 24.3 Å². The summed E-state index contributed by atoms with van der Waals surface area (Å²) < 4.78 is 16.4. The Morgan fingerprint density at radius 2 is 1.96 bits per heavy atom. The zero-order valence-electron chi connectivity index (χ0n) is 13.9. The number of benzene rings is 1. The molecule has 2 aliphatic rings. The average molecular weight is 386 g/mol. The highest BCUT2D eigenvalue weighted by Gasteiger charge is 2.28. The summed E-state index contributed by atoms with van der Waals surface area (Å²) in [6.07, 6.45) is 4.05. The second kappa shape index (κ2) is 7.22. The van der Waals surface area contributed by atoms with Crippen LogP contribution >= 0.6 is 12.4 Å². The number of rotatable bonds is 3. The van der Waals surface area contributed by atoms with E-state index in [1.54, 1.807) is 10.6 Å². The van der Waals surface area contributed by atoms with Crippen molar-refractivity contribution in [3.63, 3.8) is 0 Å². The van der Waals surface area contributed by atoms with E-state index in [9.17, 15) is 19.1 Å². The molecular formula is C17H21ClFN3O4. The fourth-order valence-corrected chi connectivity index (χ4v) is 3.41. The maximum Gasteiger partial charge on any atom is 0.341 e. The van der Waals surface area contributed by atoms with E-state index in [1.165, 1.54) is 12.3 Å². The summed E-state index contributed by atoms with van der Waals surface area (Å²) in [7, 11) is 0. The molecule has 2 fully saturated rings. The Labute approximate surface area is 154 Å². The number of halogens is 2. The van der Waals surface area contributed by atoms with Gasteiger partial charge in [-0.25, -0.2) is 9.18 Å². The number of hydrogen-bond donors (Lipinski definition) is 2. The molecule has 1 aromatic carbocycles. The Balaban J connectivity index is 0.00000121. The molecule has 7 nitrogen and oxygen atoms in total. The smallest absolute Gasteiger partial charge is 0.341 e. The molecule has 0 spiro atoms. The zero-order chi connectivity index (χ0) is 17.0. The number of nitrogens with zero attached hydrogens (tertiary/aromatic N) is 2. The van der Waals surface area contributed by atoms with Gasteiger partial charge in [0.05, 0.1) is 11.2 Å². The van der Waals surface area contributed by atoms with Crippen molar-refractivity contribution in [1.29, 1.82) is 0 Å². The van der Waals surface area contributed by atoms with Gasteiger partial charge < -0.3 is 25.8 Å². The van der Waals surface area contributed by atoms with E-state index in [1.807, 2.05) is 4.90 Å². The maximum atomic E-state index is 14.6. The molecule has 1 atom stereocenters. The number of aromatic carboxylic acids is 1. The van der Waals surface area contributed by atoms with Crippen molar-refractivity contribution in [2.75, 3.05) is 18.0 Å². The maximum absolute atomic E-state index is 14.6. The fourth-order valence-electron chi connectivity index (χ4n) is 3.41. The molecule has 5 N–H and O–H groups in total. The molecular weight excluding hydrogens is 365 g/mol. The van der Waals surface area contributed by atoms with Crippen molar-refractivity contribution in [3.05, 3.63) is 39.9 Å². The predicted octanol–water partition coefficient (Wildman–Crippen LogP) is 1.31. The number of fused-ring (bicyclic) bond motifs is 1. The normalized spacial score (nSPS) is 19.2. The number of carbonyl (C=O) groups is 1. The van der Waals surface area contributed by atoms with Crippen molar-refractivity contribution >= 4 is 35.0 Å². The molecule has 9 heteroatoms. The van der Waals surface area contributed by atoms with Crippen molar-refractivity contribution in [2.24, 2.45) is 5.73 Å². The van der Waals surface area contributed by atoms with Gasteiger partial charge in [-0.1, -0.05) is 0 Å². The molecule has 1 saturated carbocycles. The standard InChI is InChI=1S/C17H18FN3O3.ClH.H2O/c18-13-5-11-14(6-15(13)20-4-3-9(19)7-20)21(10-1-2-10)8-12(16(11)22)17(23)24;;/h5-6,8-10H,1-4,7,19H2,(H,23,24);1H;1H2. The first kappa shape index (κ1) is 20.2. The largest absolute Gasteiger partial charge is 0.477 e. The van der Waals surface area contributed by atoms with Crippen LogP contribution in [0.4, 0.5) is 10.1 Å². The van der Waals surface area contributed by atoms with Crippen LogP contribution in [0.2, 0.25) is 0 Å². The third-order valence-corrected chi connectivity index (χ3v) is 4.84. The third-order valence-electron chi connectivity index (χ3n) is 4.84. The van der Waals surface area contributed by atoms with Crippen LogP contribution < -0.4 is 16.1 Å². The number of nitrogens with two attached hydrogens (primary N) is 1. The lowest BCUT2D eigenvalue weighted by molar-refractivity contribution is 0.0695. The summed E-state index contributed by atoms with van der Waals surface area (Å²) in [5.74, 6) is -1.80. The Hall–Kier alpha value is -2.16. The lowest BCUT2D eigenvalue weighted by Crippen LogP contribution is -2.27. The quantitative estimate of drug-likeness (QED) is 0.825. The number of carboxylic acid groups (broad SMARTS) is 1. The summed E-state index contributed by atoms with van der Waals surface area (Å²) in [5, 5.41) is 9.37. The summed E-state index contributed by atoms with van der Waals surface area (Å²) in [6, 6.07) is 3.02. The van der Waals surface area contributed by atoms with E-state index in [-0.39, 0.29) is 40.9 Å². The Morgan fingerprint density at radius 1 is 1.27 bits per heavy atom. The molecule has 2 heterocycles. The fraction of sp³-hybridized carbons (Fsp3) is 0.412. The Bertz CT molecular complexity index is 913. The van der Waals surface area contributed by atoms with Crippen molar-refractivity contribution in [1.82, 2.24) is 4.57 Å². The molecule has 4 rings (SSSR count). The number of hydrogen-bond acceptors (Lipinski definition) is 4. The molecule has 142 valence electrons. The van der Waals surface area contributed by atoms with Gasteiger partial charge >= 0.3 is 5.97 Å². The first-order valence-corrected chi connectivity index (χ1v) is 8.08. The van der Waals surface area contributed by atoms with Crippen LogP contribution in [0.25, 0.3) is 10.9 Å². The summed E-state index contributed by atoms with van der Waals surface area (Å²) in [5.41, 5.74) is 5.96. The van der Waals surface area contributed by atoms with Gasteiger partial charge in [0.2, 0.25) is 5.43 Å². The molecule has 1 aromatic heterocycles. The Morgan fingerprint density at radius 3 is 2.50 bits per heavy atom. The van der Waals surface area contributed by atoms with Gasteiger partial charge in [-0.05, 0) is 31.4 Å². The van der Waals surface area contributed by atoms with Crippen LogP contribution in [0.15, 0.2) is 23.1 Å². The first-order valence-electron chi connectivity index (χ1n) is 8.08. The van der Waals surface area contributed by atoms with Crippen molar-refractivity contribution < 1.29 is 19.8 Å². The predicted molar refractivity (Wildman–Crippen MR) is 99.1 cm³/mol. The van der Waals surface area contributed by atoms with Crippen molar-refractivity contribution in [3.8, 4) is 0 Å². The summed E-state index contributed by atoms with van der Waals surface area (Å²) in [4.78, 5) is 25.6. The molecule has 1 aliphatic heterocycles. The van der Waals surface area contributed by atoms with Crippen LogP contribution in [-0.4, -0.2) is 40.3 Å². The van der Waals surface area contributed by atoms with E-state index >= 15 is 0 Å². The van der Waals surface area contributed by atoms with Crippen LogP contribution in [0.3, 0.4) is 0 Å². The molecule has 1 aliphatic carbocycles. The number of anilines is 1. The summed E-state index contributed by atoms with van der Waals surface area (Å²) in [6.45, 7) is 1.24. The SMILES string of the molecule is Cl.NC1CCN(c2cc3c(cc2F)c(=O)c(C(=O)O)cn3C2CC2)C1.O. The van der Waals surface area contributed by atoms with Gasteiger partial charge in [-0.3, -0.25) is 4.79 Å². The molecule has 0 bridgehead atoms.